The van der Waals surface area contributed by atoms with E-state index in [9.17, 15) is 0 Å². The van der Waals surface area contributed by atoms with Gasteiger partial charge in [0.05, 0.1) is 6.54 Å². The first-order valence-corrected chi connectivity index (χ1v) is 7.00. The zero-order valence-electron chi connectivity index (χ0n) is 10.4. The van der Waals surface area contributed by atoms with Gasteiger partial charge in [-0.05, 0) is 17.6 Å². The van der Waals surface area contributed by atoms with Crippen LogP contribution in [0.2, 0.25) is 0 Å². The molecular formula is C12H21N3S. The topological polar surface area (TPSA) is 29.9 Å². The van der Waals surface area contributed by atoms with Crippen molar-refractivity contribution < 1.29 is 0 Å². The molecule has 2 rings (SSSR count). The highest BCUT2D eigenvalue weighted by Gasteiger charge is 2.28. The predicted molar refractivity (Wildman–Crippen MR) is 69.6 cm³/mol. The van der Waals surface area contributed by atoms with Gasteiger partial charge in [-0.1, -0.05) is 13.8 Å². The van der Waals surface area contributed by atoms with E-state index in [0.717, 1.165) is 12.4 Å². The fraction of sp³-hybridized carbons (Fsp3) is 0.750. The Kier molecular flexibility index (Phi) is 3.60. The van der Waals surface area contributed by atoms with Gasteiger partial charge in [-0.15, -0.1) is 0 Å². The molecule has 2 heterocycles. The Labute approximate surface area is 102 Å². The van der Waals surface area contributed by atoms with Gasteiger partial charge in [-0.3, -0.25) is 0 Å². The summed E-state index contributed by atoms with van der Waals surface area (Å²) in [5, 5.41) is 3.62. The minimum Gasteiger partial charge on any atom is -0.337 e. The van der Waals surface area contributed by atoms with Crippen LogP contribution in [0.1, 0.15) is 26.1 Å². The first-order chi connectivity index (χ1) is 7.57. The molecule has 1 saturated heterocycles. The van der Waals surface area contributed by atoms with Crippen molar-refractivity contribution >= 4 is 11.8 Å². The van der Waals surface area contributed by atoms with Crippen LogP contribution in [0.15, 0.2) is 12.4 Å². The van der Waals surface area contributed by atoms with Crippen LogP contribution in [0.5, 0.6) is 0 Å². The van der Waals surface area contributed by atoms with E-state index in [4.69, 9.17) is 0 Å². The monoisotopic (exact) mass is 239 g/mol. The minimum absolute atomic E-state index is 0.474. The number of thioether (sulfide) groups is 1. The van der Waals surface area contributed by atoms with Crippen molar-refractivity contribution in [3.8, 4) is 0 Å². The molecule has 1 N–H and O–H groups in total. The molecule has 1 aromatic rings. The van der Waals surface area contributed by atoms with E-state index >= 15 is 0 Å². The highest BCUT2D eigenvalue weighted by atomic mass is 32.2. The van der Waals surface area contributed by atoms with E-state index in [1.165, 1.54) is 17.9 Å². The van der Waals surface area contributed by atoms with Crippen LogP contribution in [-0.2, 0) is 13.6 Å². The Morgan fingerprint density at radius 1 is 1.62 bits per heavy atom. The third-order valence-corrected chi connectivity index (χ3v) is 4.70. The van der Waals surface area contributed by atoms with Crippen LogP contribution in [0, 0.1) is 5.41 Å². The highest BCUT2D eigenvalue weighted by molar-refractivity contribution is 7.99. The Bertz CT molecular complexity index is 346. The average Bonchev–Trinajstić information content (AvgIpc) is 2.60. The second-order valence-electron chi connectivity index (χ2n) is 5.42. The maximum absolute atomic E-state index is 4.33. The third kappa shape index (κ3) is 3.01. The summed E-state index contributed by atoms with van der Waals surface area (Å²) in [5.74, 6) is 3.63. The summed E-state index contributed by atoms with van der Waals surface area (Å²) in [7, 11) is 2.05. The molecule has 0 bridgehead atoms. The van der Waals surface area contributed by atoms with Gasteiger partial charge in [0.2, 0.25) is 0 Å². The fourth-order valence-electron chi connectivity index (χ4n) is 2.20. The number of aromatic nitrogens is 2. The van der Waals surface area contributed by atoms with Gasteiger partial charge >= 0.3 is 0 Å². The first-order valence-electron chi connectivity index (χ1n) is 5.84. The van der Waals surface area contributed by atoms with Gasteiger partial charge in [0.15, 0.2) is 0 Å². The summed E-state index contributed by atoms with van der Waals surface area (Å²) in [6, 6.07) is 0.630. The van der Waals surface area contributed by atoms with Gasteiger partial charge in [0.25, 0.3) is 0 Å². The summed E-state index contributed by atoms with van der Waals surface area (Å²) < 4.78 is 2.08. The van der Waals surface area contributed by atoms with E-state index in [2.05, 4.69) is 40.5 Å². The lowest BCUT2D eigenvalue weighted by Gasteiger charge is -2.35. The van der Waals surface area contributed by atoms with Crippen LogP contribution in [-0.4, -0.2) is 27.1 Å². The number of aryl methyl sites for hydroxylation is 1. The number of imidazole rings is 1. The van der Waals surface area contributed by atoms with Crippen LogP contribution in [0.25, 0.3) is 0 Å². The number of nitrogens with zero attached hydrogens (tertiary/aromatic N) is 2. The number of rotatable bonds is 3. The van der Waals surface area contributed by atoms with Crippen molar-refractivity contribution in [2.75, 3.05) is 11.5 Å². The Balaban J connectivity index is 1.84. The molecule has 0 spiro atoms. The minimum atomic E-state index is 0.474. The van der Waals surface area contributed by atoms with Crippen LogP contribution in [0.4, 0.5) is 0 Å². The van der Waals surface area contributed by atoms with Crippen LogP contribution < -0.4 is 5.32 Å². The molecule has 4 heteroatoms. The SMILES string of the molecule is Cn1ccnc1CNC1CSCC(C)(C)C1. The zero-order valence-corrected chi connectivity index (χ0v) is 11.2. The summed E-state index contributed by atoms with van der Waals surface area (Å²) in [6.45, 7) is 5.59. The molecule has 1 aliphatic heterocycles. The number of hydrogen-bond donors (Lipinski definition) is 1. The summed E-state index contributed by atoms with van der Waals surface area (Å²) in [5.41, 5.74) is 0.474. The van der Waals surface area contributed by atoms with Crippen molar-refractivity contribution in [1.29, 1.82) is 0 Å². The molecule has 3 nitrogen and oxygen atoms in total. The van der Waals surface area contributed by atoms with Crippen molar-refractivity contribution in [3.63, 3.8) is 0 Å². The van der Waals surface area contributed by atoms with Crippen molar-refractivity contribution in [2.24, 2.45) is 12.5 Å². The lowest BCUT2D eigenvalue weighted by atomic mass is 9.88. The molecule has 16 heavy (non-hydrogen) atoms. The Hall–Kier alpha value is -0.480. The molecule has 1 unspecified atom stereocenters. The van der Waals surface area contributed by atoms with Gasteiger partial charge in [-0.25, -0.2) is 4.98 Å². The Morgan fingerprint density at radius 2 is 2.44 bits per heavy atom. The van der Waals surface area contributed by atoms with Crippen molar-refractivity contribution in [1.82, 2.24) is 14.9 Å². The van der Waals surface area contributed by atoms with E-state index in [0.29, 0.717) is 11.5 Å². The third-order valence-electron chi connectivity index (χ3n) is 3.08. The van der Waals surface area contributed by atoms with Crippen molar-refractivity contribution in [3.05, 3.63) is 18.2 Å². The number of hydrogen-bond acceptors (Lipinski definition) is 3. The van der Waals surface area contributed by atoms with Crippen molar-refractivity contribution in [2.45, 2.75) is 32.9 Å². The smallest absolute Gasteiger partial charge is 0.122 e. The molecule has 0 radical (unpaired) electrons. The molecular weight excluding hydrogens is 218 g/mol. The lowest BCUT2D eigenvalue weighted by Crippen LogP contribution is -2.40. The molecule has 1 aliphatic rings. The first kappa shape index (κ1) is 12.0. The molecule has 0 aliphatic carbocycles. The molecule has 0 amide bonds. The zero-order chi connectivity index (χ0) is 11.6. The average molecular weight is 239 g/mol. The fourth-order valence-corrected chi connectivity index (χ4v) is 3.50. The quantitative estimate of drug-likeness (QED) is 0.875. The van der Waals surface area contributed by atoms with Gasteiger partial charge < -0.3 is 9.88 Å². The summed E-state index contributed by atoms with van der Waals surface area (Å²) in [4.78, 5) is 4.33. The van der Waals surface area contributed by atoms with E-state index in [1.807, 2.05) is 19.4 Å². The molecule has 90 valence electrons. The van der Waals surface area contributed by atoms with Crippen LogP contribution in [0.3, 0.4) is 0 Å². The highest BCUT2D eigenvalue weighted by Crippen LogP contribution is 2.33. The standard InChI is InChI=1S/C12H21N3S/c1-12(2)6-10(8-16-9-12)14-7-11-13-4-5-15(11)3/h4-5,10,14H,6-9H2,1-3H3. The maximum atomic E-state index is 4.33. The lowest BCUT2D eigenvalue weighted by molar-refractivity contribution is 0.315. The summed E-state index contributed by atoms with van der Waals surface area (Å²) in [6.07, 6.45) is 5.12. The molecule has 1 atom stereocenters. The predicted octanol–water partition coefficient (Wildman–Crippen LogP) is 2.04. The molecule has 0 saturated carbocycles. The Morgan fingerprint density at radius 3 is 3.06 bits per heavy atom. The second kappa shape index (κ2) is 4.80. The molecule has 1 fully saturated rings. The van der Waals surface area contributed by atoms with Gasteiger partial charge in [0, 0.05) is 31.2 Å². The second-order valence-corrected chi connectivity index (χ2v) is 6.45. The maximum Gasteiger partial charge on any atom is 0.122 e. The van der Waals surface area contributed by atoms with Crippen LogP contribution >= 0.6 is 11.8 Å². The van der Waals surface area contributed by atoms with Gasteiger partial charge in [-0.2, -0.15) is 11.8 Å². The van der Waals surface area contributed by atoms with E-state index in [-0.39, 0.29) is 0 Å². The van der Waals surface area contributed by atoms with E-state index in [1.54, 1.807) is 0 Å². The van der Waals surface area contributed by atoms with E-state index < -0.39 is 0 Å². The normalized spacial score (nSPS) is 24.6. The largest absolute Gasteiger partial charge is 0.337 e. The van der Waals surface area contributed by atoms with Gasteiger partial charge in [0.1, 0.15) is 5.82 Å². The summed E-state index contributed by atoms with van der Waals surface area (Å²) >= 11 is 2.06. The number of nitrogens with one attached hydrogen (secondary N) is 1. The molecule has 1 aromatic heterocycles. The molecule has 0 aromatic carbocycles.